The summed E-state index contributed by atoms with van der Waals surface area (Å²) < 4.78 is 0. The van der Waals surface area contributed by atoms with E-state index in [1.54, 1.807) is 4.90 Å². The van der Waals surface area contributed by atoms with Crippen LogP contribution >= 0.6 is 0 Å². The van der Waals surface area contributed by atoms with Crippen LogP contribution in [-0.2, 0) is 9.59 Å². The van der Waals surface area contributed by atoms with Crippen LogP contribution in [0.5, 0.6) is 0 Å². The number of nitrogens with one attached hydrogen (secondary N) is 2. The average Bonchev–Trinajstić information content (AvgIpc) is 2.46. The minimum atomic E-state index is -0.155. The maximum atomic E-state index is 12.2. The minimum Gasteiger partial charge on any atom is -0.324 e. The number of nitrogens with zero attached hydrogens (tertiary/aromatic N) is 1. The number of hydrogen-bond acceptors (Lipinski definition) is 3. The first-order valence-electron chi connectivity index (χ1n) is 7.88. The van der Waals surface area contributed by atoms with E-state index in [4.69, 9.17) is 0 Å². The van der Waals surface area contributed by atoms with Crippen LogP contribution in [0, 0.1) is 13.8 Å². The van der Waals surface area contributed by atoms with Gasteiger partial charge in [0.1, 0.15) is 6.54 Å². The van der Waals surface area contributed by atoms with Crippen LogP contribution in [0.4, 0.5) is 5.69 Å². The molecule has 1 aliphatic heterocycles. The van der Waals surface area contributed by atoms with Crippen molar-refractivity contribution in [2.75, 3.05) is 18.5 Å². The summed E-state index contributed by atoms with van der Waals surface area (Å²) in [6.07, 6.45) is 2.52. The lowest BCUT2D eigenvalue weighted by atomic mass is 10.1. The first-order chi connectivity index (χ1) is 10.5. The van der Waals surface area contributed by atoms with Gasteiger partial charge in [0.25, 0.3) is 0 Å². The molecule has 2 N–H and O–H groups in total. The summed E-state index contributed by atoms with van der Waals surface area (Å²) in [5.74, 6) is -0.105. The first kappa shape index (κ1) is 16.5. The van der Waals surface area contributed by atoms with E-state index in [1.807, 2.05) is 32.0 Å². The number of benzene rings is 1. The Labute approximate surface area is 132 Å². The van der Waals surface area contributed by atoms with Crippen LogP contribution < -0.4 is 10.6 Å². The van der Waals surface area contributed by atoms with Crippen LogP contribution in [0.2, 0.25) is 0 Å². The smallest absolute Gasteiger partial charge is 0.244 e. The van der Waals surface area contributed by atoms with Gasteiger partial charge in [0.15, 0.2) is 0 Å². The van der Waals surface area contributed by atoms with E-state index >= 15 is 0 Å². The molecular weight excluding hydrogens is 278 g/mol. The van der Waals surface area contributed by atoms with E-state index in [2.05, 4.69) is 17.6 Å². The Balaban J connectivity index is 1.90. The summed E-state index contributed by atoms with van der Waals surface area (Å²) in [6, 6.07) is 6.18. The second-order valence-corrected chi connectivity index (χ2v) is 6.01. The molecule has 0 bridgehead atoms. The number of rotatable bonds is 5. The van der Waals surface area contributed by atoms with Gasteiger partial charge in [0, 0.05) is 18.2 Å². The largest absolute Gasteiger partial charge is 0.324 e. The molecule has 1 fully saturated rings. The van der Waals surface area contributed by atoms with Gasteiger partial charge in [0.05, 0.1) is 6.67 Å². The molecule has 0 spiro atoms. The van der Waals surface area contributed by atoms with Crippen molar-refractivity contribution in [2.45, 2.75) is 46.1 Å². The zero-order valence-electron chi connectivity index (χ0n) is 13.6. The van der Waals surface area contributed by atoms with E-state index in [0.717, 1.165) is 29.7 Å². The second kappa shape index (κ2) is 7.40. The number of anilines is 1. The molecule has 5 nitrogen and oxygen atoms in total. The molecule has 0 saturated carbocycles. The maximum absolute atomic E-state index is 12.2. The van der Waals surface area contributed by atoms with Crippen molar-refractivity contribution in [1.82, 2.24) is 10.2 Å². The lowest BCUT2D eigenvalue weighted by molar-refractivity contribution is -0.138. The van der Waals surface area contributed by atoms with Gasteiger partial charge < -0.3 is 10.2 Å². The third-order valence-electron chi connectivity index (χ3n) is 3.98. The van der Waals surface area contributed by atoms with E-state index in [9.17, 15) is 9.59 Å². The number of aryl methyl sites for hydroxylation is 2. The summed E-state index contributed by atoms with van der Waals surface area (Å²) in [6.45, 7) is 6.59. The number of hydrogen-bond donors (Lipinski definition) is 2. The van der Waals surface area contributed by atoms with Crippen LogP contribution in [0.25, 0.3) is 0 Å². The lowest BCUT2D eigenvalue weighted by Gasteiger charge is -2.32. The molecule has 2 rings (SSSR count). The van der Waals surface area contributed by atoms with Gasteiger partial charge in [-0.05, 0) is 37.5 Å². The predicted octanol–water partition coefficient (Wildman–Crippen LogP) is 2.19. The Morgan fingerprint density at radius 3 is 2.86 bits per heavy atom. The monoisotopic (exact) mass is 303 g/mol. The van der Waals surface area contributed by atoms with Crippen molar-refractivity contribution in [1.29, 1.82) is 0 Å². The second-order valence-electron chi connectivity index (χ2n) is 6.01. The molecule has 1 heterocycles. The van der Waals surface area contributed by atoms with E-state index in [-0.39, 0.29) is 24.4 Å². The minimum absolute atomic E-state index is 0.0494. The predicted molar refractivity (Wildman–Crippen MR) is 87.6 cm³/mol. The van der Waals surface area contributed by atoms with Crippen molar-refractivity contribution in [2.24, 2.45) is 0 Å². The van der Waals surface area contributed by atoms with Gasteiger partial charge in [-0.2, -0.15) is 0 Å². The number of carbonyl (C=O) groups is 2. The molecule has 2 amide bonds. The summed E-state index contributed by atoms with van der Waals surface area (Å²) in [5.41, 5.74) is 2.93. The average molecular weight is 303 g/mol. The zero-order valence-corrected chi connectivity index (χ0v) is 13.6. The molecule has 1 saturated heterocycles. The molecule has 22 heavy (non-hydrogen) atoms. The third kappa shape index (κ3) is 4.31. The highest BCUT2D eigenvalue weighted by atomic mass is 16.2. The van der Waals surface area contributed by atoms with Crippen molar-refractivity contribution in [3.63, 3.8) is 0 Å². The maximum Gasteiger partial charge on any atom is 0.244 e. The normalized spacial score (nSPS) is 18.4. The van der Waals surface area contributed by atoms with Gasteiger partial charge in [-0.1, -0.05) is 25.5 Å². The fraction of sp³-hybridized carbons (Fsp3) is 0.529. The summed E-state index contributed by atoms with van der Waals surface area (Å²) in [7, 11) is 0. The lowest BCUT2D eigenvalue weighted by Crippen LogP contribution is -2.52. The molecule has 0 aliphatic carbocycles. The molecule has 1 aromatic carbocycles. The summed E-state index contributed by atoms with van der Waals surface area (Å²) in [4.78, 5) is 25.8. The van der Waals surface area contributed by atoms with E-state index in [1.165, 1.54) is 0 Å². The van der Waals surface area contributed by atoms with Crippen LogP contribution in [0.15, 0.2) is 18.2 Å². The fourth-order valence-electron chi connectivity index (χ4n) is 2.67. The third-order valence-corrected chi connectivity index (χ3v) is 3.98. The topological polar surface area (TPSA) is 61.4 Å². The molecule has 1 atom stereocenters. The quantitative estimate of drug-likeness (QED) is 0.876. The van der Waals surface area contributed by atoms with Gasteiger partial charge in [-0.15, -0.1) is 0 Å². The molecular formula is C17H25N3O2. The fourth-order valence-corrected chi connectivity index (χ4v) is 2.67. The van der Waals surface area contributed by atoms with Gasteiger partial charge in [-0.3, -0.25) is 14.9 Å². The van der Waals surface area contributed by atoms with Gasteiger partial charge in [-0.25, -0.2) is 0 Å². The Kier molecular flexibility index (Phi) is 5.55. The van der Waals surface area contributed by atoms with Crippen molar-refractivity contribution in [3.05, 3.63) is 29.3 Å². The highest BCUT2D eigenvalue weighted by molar-refractivity contribution is 5.95. The number of amides is 2. The molecule has 1 aromatic rings. The summed E-state index contributed by atoms with van der Waals surface area (Å²) in [5, 5.41) is 6.21. The Bertz CT molecular complexity index is 557. The van der Waals surface area contributed by atoms with E-state index in [0.29, 0.717) is 13.1 Å². The standard InChI is InChI=1S/C17H25N3O2/c1-4-5-14-9-17(22)20(11-18-14)10-16(21)19-15-8-12(2)6-7-13(15)3/h6-8,14,18H,4-5,9-11H2,1-3H3,(H,19,21). The molecule has 0 aromatic heterocycles. The zero-order chi connectivity index (χ0) is 16.1. The molecule has 120 valence electrons. The highest BCUT2D eigenvalue weighted by Gasteiger charge is 2.26. The highest BCUT2D eigenvalue weighted by Crippen LogP contribution is 2.16. The first-order valence-corrected chi connectivity index (χ1v) is 7.88. The van der Waals surface area contributed by atoms with Crippen molar-refractivity contribution >= 4 is 17.5 Å². The Hall–Kier alpha value is -1.88. The van der Waals surface area contributed by atoms with Gasteiger partial charge in [0.2, 0.25) is 11.8 Å². The summed E-state index contributed by atoms with van der Waals surface area (Å²) >= 11 is 0. The Morgan fingerprint density at radius 1 is 1.41 bits per heavy atom. The van der Waals surface area contributed by atoms with Crippen molar-refractivity contribution < 1.29 is 9.59 Å². The van der Waals surface area contributed by atoms with Gasteiger partial charge >= 0.3 is 0 Å². The Morgan fingerprint density at radius 2 is 2.18 bits per heavy atom. The van der Waals surface area contributed by atoms with Crippen LogP contribution in [-0.4, -0.2) is 36.0 Å². The number of carbonyl (C=O) groups excluding carboxylic acids is 2. The van der Waals surface area contributed by atoms with Crippen LogP contribution in [0.3, 0.4) is 0 Å². The molecule has 1 aliphatic rings. The van der Waals surface area contributed by atoms with E-state index < -0.39 is 0 Å². The SMILES string of the molecule is CCCC1CC(=O)N(CC(=O)Nc2cc(C)ccc2C)CN1. The molecule has 5 heteroatoms. The molecule has 0 radical (unpaired) electrons. The van der Waals surface area contributed by atoms with Crippen molar-refractivity contribution in [3.8, 4) is 0 Å². The van der Waals surface area contributed by atoms with Crippen LogP contribution in [0.1, 0.15) is 37.3 Å². The molecule has 1 unspecified atom stereocenters.